The Morgan fingerprint density at radius 3 is 1.23 bits per heavy atom. The molecule has 3 heteroatoms. The van der Waals surface area contributed by atoms with Crippen molar-refractivity contribution in [3.63, 3.8) is 0 Å². The topological polar surface area (TPSA) is 34.3 Å². The van der Waals surface area contributed by atoms with Gasteiger partial charge in [0.15, 0.2) is 0 Å². The average Bonchev–Trinajstić information content (AvgIpc) is 3.79. The van der Waals surface area contributed by atoms with E-state index in [4.69, 9.17) is 14.2 Å². The van der Waals surface area contributed by atoms with E-state index in [-0.39, 0.29) is 23.4 Å². The molecular formula is C32H30O3. The standard InChI is InChI=1S/C32H30O3/c1-31(29(34-31)27-17-13-25(14-18-27)23-9-5-3-6-10-23)21-33-22-32(2)30(35-32)28-19-15-26(16-20-28)24-11-7-4-8-12-24/h3-20,29-30H,21-22H2,1-2H3. The first-order valence-electron chi connectivity index (χ1n) is 12.3. The van der Waals surface area contributed by atoms with Gasteiger partial charge in [-0.2, -0.15) is 0 Å². The number of hydrogen-bond acceptors (Lipinski definition) is 3. The largest absolute Gasteiger partial charge is 0.375 e. The molecule has 2 aliphatic rings. The van der Waals surface area contributed by atoms with Crippen LogP contribution in [-0.4, -0.2) is 24.4 Å². The summed E-state index contributed by atoms with van der Waals surface area (Å²) in [5.41, 5.74) is 6.71. The maximum Gasteiger partial charge on any atom is 0.120 e. The van der Waals surface area contributed by atoms with Crippen molar-refractivity contribution in [2.75, 3.05) is 13.2 Å². The van der Waals surface area contributed by atoms with Crippen LogP contribution in [0, 0.1) is 0 Å². The zero-order valence-corrected chi connectivity index (χ0v) is 20.2. The summed E-state index contributed by atoms with van der Waals surface area (Å²) >= 11 is 0. The molecule has 4 aromatic rings. The van der Waals surface area contributed by atoms with Crippen LogP contribution in [0.3, 0.4) is 0 Å². The minimum atomic E-state index is -0.285. The van der Waals surface area contributed by atoms with Crippen molar-refractivity contribution in [2.24, 2.45) is 0 Å². The highest BCUT2D eigenvalue weighted by molar-refractivity contribution is 5.64. The number of epoxide rings is 2. The maximum absolute atomic E-state index is 6.13. The van der Waals surface area contributed by atoms with Gasteiger partial charge < -0.3 is 14.2 Å². The second kappa shape index (κ2) is 8.76. The van der Waals surface area contributed by atoms with Crippen molar-refractivity contribution in [1.29, 1.82) is 0 Å². The van der Waals surface area contributed by atoms with Gasteiger partial charge >= 0.3 is 0 Å². The summed E-state index contributed by atoms with van der Waals surface area (Å²) in [7, 11) is 0. The van der Waals surface area contributed by atoms with Gasteiger partial charge in [0, 0.05) is 0 Å². The summed E-state index contributed by atoms with van der Waals surface area (Å²) in [6.45, 7) is 5.35. The Morgan fingerprint density at radius 1 is 0.514 bits per heavy atom. The summed E-state index contributed by atoms with van der Waals surface area (Å²) in [5, 5.41) is 0. The van der Waals surface area contributed by atoms with Gasteiger partial charge in [0.2, 0.25) is 0 Å². The first-order chi connectivity index (χ1) is 17.0. The molecular weight excluding hydrogens is 432 g/mol. The highest BCUT2D eigenvalue weighted by Gasteiger charge is 2.56. The summed E-state index contributed by atoms with van der Waals surface area (Å²) < 4.78 is 18.3. The molecule has 3 nitrogen and oxygen atoms in total. The van der Waals surface area contributed by atoms with E-state index in [1.807, 2.05) is 12.1 Å². The molecule has 4 unspecified atom stereocenters. The van der Waals surface area contributed by atoms with Crippen LogP contribution in [-0.2, 0) is 14.2 Å². The lowest BCUT2D eigenvalue weighted by atomic mass is 9.98. The minimum absolute atomic E-state index is 0.0709. The summed E-state index contributed by atoms with van der Waals surface area (Å²) in [5.74, 6) is 0. The molecule has 35 heavy (non-hydrogen) atoms. The Balaban J connectivity index is 1.02. The van der Waals surface area contributed by atoms with Gasteiger partial charge in [-0.25, -0.2) is 0 Å². The third-order valence-corrected chi connectivity index (χ3v) is 7.19. The van der Waals surface area contributed by atoms with Gasteiger partial charge in [0.25, 0.3) is 0 Å². The van der Waals surface area contributed by atoms with Gasteiger partial charge in [-0.05, 0) is 47.2 Å². The SMILES string of the molecule is CC1(COCC2(C)OC2c2ccc(-c3ccccc3)cc2)OC1c1ccc(-c2ccccc2)cc1. The molecule has 2 saturated heterocycles. The van der Waals surface area contributed by atoms with E-state index in [9.17, 15) is 0 Å². The average molecular weight is 463 g/mol. The van der Waals surface area contributed by atoms with Crippen molar-refractivity contribution in [3.8, 4) is 22.3 Å². The van der Waals surface area contributed by atoms with Gasteiger partial charge in [-0.15, -0.1) is 0 Å². The molecule has 0 N–H and O–H groups in total. The van der Waals surface area contributed by atoms with E-state index in [1.165, 1.54) is 33.4 Å². The van der Waals surface area contributed by atoms with Gasteiger partial charge in [-0.1, -0.05) is 109 Å². The summed E-state index contributed by atoms with van der Waals surface area (Å²) in [4.78, 5) is 0. The molecule has 4 atom stereocenters. The fraction of sp³-hybridized carbons (Fsp3) is 0.250. The highest BCUT2D eigenvalue weighted by Crippen LogP contribution is 2.52. The predicted octanol–water partition coefficient (Wildman–Crippen LogP) is 7.40. The van der Waals surface area contributed by atoms with Crippen LogP contribution in [0.15, 0.2) is 109 Å². The highest BCUT2D eigenvalue weighted by atomic mass is 16.7. The Kier molecular flexibility index (Phi) is 5.57. The lowest BCUT2D eigenvalue weighted by Gasteiger charge is -2.12. The van der Waals surface area contributed by atoms with Crippen LogP contribution in [0.1, 0.15) is 37.2 Å². The third-order valence-electron chi connectivity index (χ3n) is 7.19. The molecule has 2 fully saturated rings. The molecule has 0 saturated carbocycles. The maximum atomic E-state index is 6.13. The molecule has 0 amide bonds. The Morgan fingerprint density at radius 2 is 0.857 bits per heavy atom. The fourth-order valence-electron chi connectivity index (χ4n) is 4.95. The first-order valence-corrected chi connectivity index (χ1v) is 12.3. The van der Waals surface area contributed by atoms with Crippen molar-refractivity contribution in [3.05, 3.63) is 120 Å². The van der Waals surface area contributed by atoms with Crippen LogP contribution in [0.4, 0.5) is 0 Å². The molecule has 4 aromatic carbocycles. The second-order valence-electron chi connectivity index (χ2n) is 10.1. The molecule has 176 valence electrons. The minimum Gasteiger partial charge on any atom is -0.375 e. The van der Waals surface area contributed by atoms with Crippen molar-refractivity contribution in [1.82, 2.24) is 0 Å². The molecule has 6 rings (SSSR count). The molecule has 0 aliphatic carbocycles. The second-order valence-corrected chi connectivity index (χ2v) is 10.1. The summed E-state index contributed by atoms with van der Waals surface area (Å²) in [6, 6.07) is 38.2. The Labute approximate surface area is 207 Å². The van der Waals surface area contributed by atoms with E-state index in [0.717, 1.165) is 0 Å². The molecule has 0 bridgehead atoms. The van der Waals surface area contributed by atoms with Gasteiger partial charge in [-0.3, -0.25) is 0 Å². The normalized spacial score (nSPS) is 26.9. The Bertz CT molecular complexity index is 1180. The lowest BCUT2D eigenvalue weighted by Crippen LogP contribution is -2.22. The number of ether oxygens (including phenoxy) is 3. The zero-order valence-electron chi connectivity index (χ0n) is 20.2. The lowest BCUT2D eigenvalue weighted by molar-refractivity contribution is 0.0520. The van der Waals surface area contributed by atoms with E-state index in [0.29, 0.717) is 13.2 Å². The van der Waals surface area contributed by atoms with Crippen LogP contribution < -0.4 is 0 Å². The number of hydrogen-bond donors (Lipinski definition) is 0. The zero-order chi connectivity index (χ0) is 23.9. The first kappa shape index (κ1) is 22.2. The summed E-state index contributed by atoms with van der Waals surface area (Å²) in [6.07, 6.45) is 0.142. The van der Waals surface area contributed by atoms with Crippen LogP contribution in [0.5, 0.6) is 0 Å². The molecule has 0 radical (unpaired) electrons. The smallest absolute Gasteiger partial charge is 0.120 e. The number of rotatable bonds is 8. The third kappa shape index (κ3) is 4.55. The quantitative estimate of drug-likeness (QED) is 0.256. The molecule has 0 aromatic heterocycles. The monoisotopic (exact) mass is 462 g/mol. The fourth-order valence-corrected chi connectivity index (χ4v) is 4.95. The van der Waals surface area contributed by atoms with Crippen LogP contribution in [0.25, 0.3) is 22.3 Å². The van der Waals surface area contributed by atoms with E-state index >= 15 is 0 Å². The van der Waals surface area contributed by atoms with Crippen LogP contribution in [0.2, 0.25) is 0 Å². The van der Waals surface area contributed by atoms with E-state index < -0.39 is 0 Å². The molecule has 2 heterocycles. The molecule has 0 spiro atoms. The molecule has 2 aliphatic heterocycles. The van der Waals surface area contributed by atoms with Crippen molar-refractivity contribution < 1.29 is 14.2 Å². The van der Waals surface area contributed by atoms with Gasteiger partial charge in [0.05, 0.1) is 13.2 Å². The van der Waals surface area contributed by atoms with Crippen LogP contribution >= 0.6 is 0 Å². The van der Waals surface area contributed by atoms with Gasteiger partial charge in [0.1, 0.15) is 23.4 Å². The van der Waals surface area contributed by atoms with E-state index in [1.54, 1.807) is 0 Å². The van der Waals surface area contributed by atoms with Crippen molar-refractivity contribution in [2.45, 2.75) is 37.3 Å². The number of benzene rings is 4. The Hall–Kier alpha value is -3.24. The predicted molar refractivity (Wildman–Crippen MR) is 139 cm³/mol. The van der Waals surface area contributed by atoms with E-state index in [2.05, 4.69) is 111 Å². The van der Waals surface area contributed by atoms with Crippen molar-refractivity contribution >= 4 is 0 Å².